The van der Waals surface area contributed by atoms with Gasteiger partial charge in [-0.05, 0) is 25.1 Å². The molecule has 0 saturated carbocycles. The maximum Gasteiger partial charge on any atom is 0.307 e. The van der Waals surface area contributed by atoms with E-state index in [4.69, 9.17) is 4.42 Å². The first kappa shape index (κ1) is 17.7. The summed E-state index contributed by atoms with van der Waals surface area (Å²) in [5.41, 5.74) is 0.00535. The smallest absolute Gasteiger partial charge is 0.307 e. The molecule has 1 aromatic heterocycles. The number of furan rings is 1. The Hall–Kier alpha value is -2.70. The molecule has 0 aliphatic rings. The van der Waals surface area contributed by atoms with Crippen molar-refractivity contribution in [2.45, 2.75) is 25.8 Å². The van der Waals surface area contributed by atoms with Crippen LogP contribution in [0.15, 0.2) is 34.7 Å². The van der Waals surface area contributed by atoms with Gasteiger partial charge in [-0.2, -0.15) is 0 Å². The van der Waals surface area contributed by atoms with Gasteiger partial charge in [0.25, 0.3) is 0 Å². The number of halogens is 2. The molecule has 128 valence electrons. The summed E-state index contributed by atoms with van der Waals surface area (Å²) in [7, 11) is 1.19. The van der Waals surface area contributed by atoms with Crippen molar-refractivity contribution in [2.24, 2.45) is 0 Å². The summed E-state index contributed by atoms with van der Waals surface area (Å²) < 4.78 is 36.9. The number of methoxy groups -OCH3 is 1. The van der Waals surface area contributed by atoms with Crippen molar-refractivity contribution < 1.29 is 27.5 Å². The van der Waals surface area contributed by atoms with Crippen LogP contribution in [0.4, 0.5) is 8.78 Å². The minimum absolute atomic E-state index is 0.00535. The summed E-state index contributed by atoms with van der Waals surface area (Å²) in [6, 6.07) is 5.35. The second kappa shape index (κ2) is 7.72. The normalized spacial score (nSPS) is 11.8. The molecule has 0 spiro atoms. The molecule has 24 heavy (non-hydrogen) atoms. The largest absolute Gasteiger partial charge is 0.469 e. The summed E-state index contributed by atoms with van der Waals surface area (Å²) >= 11 is 0. The highest BCUT2D eigenvalue weighted by atomic mass is 19.1. The number of rotatable bonds is 6. The average Bonchev–Trinajstić information content (AvgIpc) is 2.91. The highest BCUT2D eigenvalue weighted by Crippen LogP contribution is 2.22. The van der Waals surface area contributed by atoms with E-state index in [2.05, 4.69) is 10.1 Å². The number of aryl methyl sites for hydroxylation is 1. The molecule has 0 fully saturated rings. The zero-order valence-electron chi connectivity index (χ0n) is 13.3. The predicted molar refractivity (Wildman–Crippen MR) is 81.0 cm³/mol. The van der Waals surface area contributed by atoms with E-state index < -0.39 is 29.6 Å². The lowest BCUT2D eigenvalue weighted by molar-refractivity contribution is -0.141. The Bertz CT molecular complexity index is 742. The van der Waals surface area contributed by atoms with Crippen molar-refractivity contribution >= 4 is 11.9 Å². The zero-order valence-corrected chi connectivity index (χ0v) is 13.3. The number of amides is 1. The minimum atomic E-state index is -0.971. The molecule has 1 unspecified atom stereocenters. The molecule has 0 radical (unpaired) electrons. The van der Waals surface area contributed by atoms with Crippen LogP contribution < -0.4 is 5.32 Å². The number of hydrogen-bond acceptors (Lipinski definition) is 4. The summed E-state index contributed by atoms with van der Waals surface area (Å²) in [4.78, 5) is 23.7. The summed E-state index contributed by atoms with van der Waals surface area (Å²) in [6.45, 7) is 1.75. The van der Waals surface area contributed by atoms with E-state index in [1.807, 2.05) is 0 Å². The molecule has 5 nitrogen and oxygen atoms in total. The highest BCUT2D eigenvalue weighted by molar-refractivity contribution is 5.79. The van der Waals surface area contributed by atoms with Crippen molar-refractivity contribution in [2.75, 3.05) is 7.11 Å². The minimum Gasteiger partial charge on any atom is -0.469 e. The molecule has 1 atom stereocenters. The number of carbonyl (C=O) groups excluding carboxylic acids is 2. The number of ether oxygens (including phenoxy) is 1. The monoisotopic (exact) mass is 337 g/mol. The molecule has 2 rings (SSSR count). The maximum atomic E-state index is 14.0. The summed E-state index contributed by atoms with van der Waals surface area (Å²) in [5.74, 6) is -1.57. The Kier molecular flexibility index (Phi) is 5.68. The molecule has 1 heterocycles. The Labute approximate surface area is 137 Å². The number of nitrogens with one attached hydrogen (secondary N) is 1. The Morgan fingerprint density at radius 2 is 2.00 bits per heavy atom. The first-order valence-corrected chi connectivity index (χ1v) is 7.25. The van der Waals surface area contributed by atoms with Gasteiger partial charge in [0.05, 0.1) is 26.0 Å². The van der Waals surface area contributed by atoms with Crippen molar-refractivity contribution in [1.29, 1.82) is 0 Å². The fourth-order valence-corrected chi connectivity index (χ4v) is 2.26. The molecule has 1 N–H and O–H groups in total. The SMILES string of the molecule is COC(=O)CC(NC(=O)Cc1ccc(C)o1)c1ccc(F)cc1F. The summed E-state index contributed by atoms with van der Waals surface area (Å²) in [6.07, 6.45) is -0.337. The lowest BCUT2D eigenvalue weighted by Crippen LogP contribution is -2.32. The molecular weight excluding hydrogens is 320 g/mol. The van der Waals surface area contributed by atoms with Crippen molar-refractivity contribution in [3.05, 3.63) is 59.1 Å². The molecule has 0 saturated heterocycles. The van der Waals surface area contributed by atoms with E-state index in [0.29, 0.717) is 17.6 Å². The molecule has 1 amide bonds. The van der Waals surface area contributed by atoms with Crippen LogP contribution in [0.1, 0.15) is 29.5 Å². The topological polar surface area (TPSA) is 68.5 Å². The van der Waals surface area contributed by atoms with E-state index in [0.717, 1.165) is 6.07 Å². The first-order valence-electron chi connectivity index (χ1n) is 7.25. The van der Waals surface area contributed by atoms with E-state index in [1.165, 1.54) is 13.2 Å². The maximum absolute atomic E-state index is 14.0. The van der Waals surface area contributed by atoms with Gasteiger partial charge < -0.3 is 14.5 Å². The van der Waals surface area contributed by atoms with E-state index in [9.17, 15) is 18.4 Å². The highest BCUT2D eigenvalue weighted by Gasteiger charge is 2.22. The fraction of sp³-hybridized carbons (Fsp3) is 0.294. The molecule has 0 aliphatic heterocycles. The van der Waals surface area contributed by atoms with Gasteiger partial charge in [-0.1, -0.05) is 6.07 Å². The molecule has 2 aromatic rings. The third-order valence-electron chi connectivity index (χ3n) is 3.40. The van der Waals surface area contributed by atoms with Crippen LogP contribution in [0.2, 0.25) is 0 Å². The van der Waals surface area contributed by atoms with Gasteiger partial charge in [0.15, 0.2) is 0 Å². The molecule has 0 bridgehead atoms. The van der Waals surface area contributed by atoms with Crippen LogP contribution in [-0.4, -0.2) is 19.0 Å². The Morgan fingerprint density at radius 1 is 1.25 bits per heavy atom. The van der Waals surface area contributed by atoms with E-state index >= 15 is 0 Å². The van der Waals surface area contributed by atoms with Crippen LogP contribution >= 0.6 is 0 Å². The number of hydrogen-bond donors (Lipinski definition) is 1. The predicted octanol–water partition coefficient (Wildman–Crippen LogP) is 2.83. The third kappa shape index (κ3) is 4.65. The lowest BCUT2D eigenvalue weighted by atomic mass is 10.0. The van der Waals surface area contributed by atoms with Gasteiger partial charge in [-0.15, -0.1) is 0 Å². The fourth-order valence-electron chi connectivity index (χ4n) is 2.26. The van der Waals surface area contributed by atoms with Crippen LogP contribution in [0.5, 0.6) is 0 Å². The van der Waals surface area contributed by atoms with E-state index in [1.54, 1.807) is 19.1 Å². The molecule has 1 aromatic carbocycles. The van der Waals surface area contributed by atoms with Crippen LogP contribution in [-0.2, 0) is 20.7 Å². The standard InChI is InChI=1S/C17H17F2NO4/c1-10-3-5-12(24-10)8-16(21)20-15(9-17(22)23-2)13-6-4-11(18)7-14(13)19/h3-7,15H,8-9H2,1-2H3,(H,20,21). The zero-order chi connectivity index (χ0) is 17.7. The number of benzene rings is 1. The Balaban J connectivity index is 2.16. The van der Waals surface area contributed by atoms with Gasteiger partial charge in [0.1, 0.15) is 23.2 Å². The van der Waals surface area contributed by atoms with Gasteiger partial charge in [0.2, 0.25) is 5.91 Å². The van der Waals surface area contributed by atoms with Crippen LogP contribution in [0, 0.1) is 18.6 Å². The molecule has 7 heteroatoms. The second-order valence-electron chi connectivity index (χ2n) is 5.26. The quantitative estimate of drug-likeness (QED) is 0.823. The van der Waals surface area contributed by atoms with Gasteiger partial charge in [-0.3, -0.25) is 9.59 Å². The summed E-state index contributed by atoms with van der Waals surface area (Å²) in [5, 5.41) is 2.55. The van der Waals surface area contributed by atoms with E-state index in [-0.39, 0.29) is 18.4 Å². The van der Waals surface area contributed by atoms with Crippen LogP contribution in [0.25, 0.3) is 0 Å². The van der Waals surface area contributed by atoms with Crippen molar-refractivity contribution in [1.82, 2.24) is 5.32 Å². The Morgan fingerprint density at radius 3 is 2.58 bits per heavy atom. The number of esters is 1. The number of carbonyl (C=O) groups is 2. The van der Waals surface area contributed by atoms with Crippen molar-refractivity contribution in [3.8, 4) is 0 Å². The third-order valence-corrected chi connectivity index (χ3v) is 3.40. The second-order valence-corrected chi connectivity index (χ2v) is 5.26. The van der Waals surface area contributed by atoms with Crippen LogP contribution in [0.3, 0.4) is 0 Å². The van der Waals surface area contributed by atoms with Gasteiger partial charge in [0, 0.05) is 11.6 Å². The molecular formula is C17H17F2NO4. The average molecular weight is 337 g/mol. The van der Waals surface area contributed by atoms with Gasteiger partial charge in [-0.25, -0.2) is 8.78 Å². The lowest BCUT2D eigenvalue weighted by Gasteiger charge is -2.18. The molecule has 0 aliphatic carbocycles. The first-order chi connectivity index (χ1) is 11.4. The van der Waals surface area contributed by atoms with Crippen molar-refractivity contribution in [3.63, 3.8) is 0 Å². The van der Waals surface area contributed by atoms with Gasteiger partial charge >= 0.3 is 5.97 Å².